The highest BCUT2D eigenvalue weighted by Crippen LogP contribution is 2.64. The number of ether oxygens (including phenoxy) is 2. The lowest BCUT2D eigenvalue weighted by Crippen LogP contribution is -2.50. The Balaban J connectivity index is 1.02. The molecule has 1 aromatic carbocycles. The number of esters is 1. The van der Waals surface area contributed by atoms with Gasteiger partial charge in [-0.05, 0) is 86.0 Å². The molecule has 0 spiro atoms. The maximum absolute atomic E-state index is 12.8. The number of methoxy groups -OCH3 is 1. The fourth-order valence-corrected chi connectivity index (χ4v) is 8.25. The number of allylic oxidation sites excluding steroid dienone is 1. The Labute approximate surface area is 230 Å². The number of carbonyl (C=O) groups excluding carboxylic acids is 2. The molecule has 0 unspecified atom stereocenters. The zero-order valence-electron chi connectivity index (χ0n) is 23.3. The molecule has 4 aliphatic carbocycles. The summed E-state index contributed by atoms with van der Waals surface area (Å²) in [6.07, 6.45) is 12.0. The van der Waals surface area contributed by atoms with Crippen molar-refractivity contribution in [3.05, 3.63) is 47.8 Å². The maximum Gasteiger partial charge on any atom is 0.328 e. The van der Waals surface area contributed by atoms with E-state index in [0.717, 1.165) is 68.5 Å². The molecule has 1 heterocycles. The Morgan fingerprint density at radius 2 is 1.87 bits per heavy atom. The first-order chi connectivity index (χ1) is 18.8. The van der Waals surface area contributed by atoms with Crippen LogP contribution in [0.15, 0.2) is 42.1 Å². The van der Waals surface area contributed by atoms with Crippen LogP contribution in [0, 0.1) is 28.6 Å². The molecule has 3 saturated carbocycles. The van der Waals surface area contributed by atoms with Crippen LogP contribution in [-0.4, -0.2) is 40.0 Å². The summed E-state index contributed by atoms with van der Waals surface area (Å²) >= 11 is 0. The number of benzene rings is 1. The minimum Gasteiger partial charge on any atom is -0.497 e. The monoisotopic (exact) mass is 532 g/mol. The van der Waals surface area contributed by atoms with Gasteiger partial charge in [0, 0.05) is 23.9 Å². The third-order valence-electron chi connectivity index (χ3n) is 10.5. The van der Waals surface area contributed by atoms with E-state index in [1.807, 2.05) is 24.3 Å². The summed E-state index contributed by atoms with van der Waals surface area (Å²) in [7, 11) is 1.64. The largest absolute Gasteiger partial charge is 0.497 e. The number of hydrogen-bond donors (Lipinski definition) is 1. The van der Waals surface area contributed by atoms with E-state index in [2.05, 4.69) is 35.6 Å². The van der Waals surface area contributed by atoms with Crippen LogP contribution in [0.25, 0.3) is 0 Å². The molecule has 0 aliphatic heterocycles. The van der Waals surface area contributed by atoms with Gasteiger partial charge in [0.25, 0.3) is 0 Å². The minimum absolute atomic E-state index is 0.0569. The van der Waals surface area contributed by atoms with E-state index in [0.29, 0.717) is 30.1 Å². The van der Waals surface area contributed by atoms with E-state index >= 15 is 0 Å². The van der Waals surface area contributed by atoms with Crippen molar-refractivity contribution < 1.29 is 19.1 Å². The molecule has 1 aromatic heterocycles. The van der Waals surface area contributed by atoms with Crippen LogP contribution in [0.1, 0.15) is 70.9 Å². The van der Waals surface area contributed by atoms with Crippen molar-refractivity contribution in [2.24, 2.45) is 28.6 Å². The van der Waals surface area contributed by atoms with E-state index in [1.165, 1.54) is 5.57 Å². The van der Waals surface area contributed by atoms with Gasteiger partial charge in [-0.1, -0.05) is 30.7 Å². The summed E-state index contributed by atoms with van der Waals surface area (Å²) in [6, 6.07) is 7.68. The van der Waals surface area contributed by atoms with Gasteiger partial charge in [0.15, 0.2) is 0 Å². The number of fused-ring (bicyclic) bond motifs is 5. The zero-order chi connectivity index (χ0) is 27.2. The van der Waals surface area contributed by atoms with Crippen LogP contribution < -0.4 is 10.1 Å². The minimum atomic E-state index is -0.268. The van der Waals surface area contributed by atoms with Crippen molar-refractivity contribution in [3.8, 4) is 5.75 Å². The standard InChI is InChI=1S/C31H40N4O4/c1-30-14-12-24(16-20(30)4-9-25-26-10-11-28(36)31(26,2)15-13-27(25)30)39-29(37)19-35-18-22(33-34-35)17-32-21-5-7-23(38-3)8-6-21/h4-8,18,24-27,32H,9-17,19H2,1-3H3/t24-,25-,26-,27-,30-,31-/m0/s1. The highest BCUT2D eigenvalue weighted by atomic mass is 16.5. The average molecular weight is 533 g/mol. The van der Waals surface area contributed by atoms with E-state index in [4.69, 9.17) is 9.47 Å². The van der Waals surface area contributed by atoms with Crippen LogP contribution in [0.4, 0.5) is 5.69 Å². The average Bonchev–Trinajstić information content (AvgIpc) is 3.51. The highest BCUT2D eigenvalue weighted by molar-refractivity contribution is 5.87. The number of aromatic nitrogens is 3. The van der Waals surface area contributed by atoms with Crippen LogP contribution in [0.3, 0.4) is 0 Å². The molecule has 6 rings (SSSR count). The lowest BCUT2D eigenvalue weighted by atomic mass is 9.48. The second kappa shape index (κ2) is 10.1. The van der Waals surface area contributed by atoms with Gasteiger partial charge in [-0.2, -0.15) is 0 Å². The molecule has 6 atom stereocenters. The Kier molecular flexibility index (Phi) is 6.76. The Bertz CT molecular complexity index is 1270. The molecule has 3 fully saturated rings. The Morgan fingerprint density at radius 3 is 2.67 bits per heavy atom. The first-order valence-electron chi connectivity index (χ1n) is 14.5. The van der Waals surface area contributed by atoms with Crippen molar-refractivity contribution >= 4 is 17.4 Å². The van der Waals surface area contributed by atoms with Gasteiger partial charge < -0.3 is 14.8 Å². The number of Topliss-reactive ketones (excluding diaryl/α,β-unsaturated/α-hetero) is 1. The summed E-state index contributed by atoms with van der Waals surface area (Å²) in [6.45, 7) is 5.23. The van der Waals surface area contributed by atoms with E-state index in [1.54, 1.807) is 18.0 Å². The molecule has 0 amide bonds. The predicted octanol–water partition coefficient (Wildman–Crippen LogP) is 5.34. The summed E-state index contributed by atoms with van der Waals surface area (Å²) in [5.74, 6) is 2.82. The van der Waals surface area contributed by atoms with Crippen molar-refractivity contribution in [3.63, 3.8) is 0 Å². The van der Waals surface area contributed by atoms with Crippen molar-refractivity contribution in [1.82, 2.24) is 15.0 Å². The second-order valence-electron chi connectivity index (χ2n) is 12.5. The third-order valence-corrected chi connectivity index (χ3v) is 10.5. The quantitative estimate of drug-likeness (QED) is 0.380. The molecular weight excluding hydrogens is 492 g/mol. The van der Waals surface area contributed by atoms with Gasteiger partial charge in [0.2, 0.25) is 0 Å². The Morgan fingerprint density at radius 1 is 1.10 bits per heavy atom. The van der Waals surface area contributed by atoms with E-state index < -0.39 is 0 Å². The zero-order valence-corrected chi connectivity index (χ0v) is 23.3. The van der Waals surface area contributed by atoms with Gasteiger partial charge in [-0.15, -0.1) is 5.10 Å². The molecule has 1 N–H and O–H groups in total. The molecule has 208 valence electrons. The maximum atomic E-state index is 12.8. The summed E-state index contributed by atoms with van der Waals surface area (Å²) in [4.78, 5) is 25.5. The van der Waals surface area contributed by atoms with Gasteiger partial charge in [0.1, 0.15) is 29.9 Å². The lowest BCUT2D eigenvalue weighted by molar-refractivity contribution is -0.152. The van der Waals surface area contributed by atoms with Crippen molar-refractivity contribution in [2.75, 3.05) is 12.4 Å². The molecule has 4 aliphatic rings. The Hall–Kier alpha value is -3.16. The molecule has 0 radical (unpaired) electrons. The summed E-state index contributed by atoms with van der Waals surface area (Å²) < 4.78 is 12.7. The fraction of sp³-hybridized carbons (Fsp3) is 0.613. The molecule has 8 heteroatoms. The molecule has 0 bridgehead atoms. The summed E-state index contributed by atoms with van der Waals surface area (Å²) in [5, 5.41) is 11.6. The number of rotatable bonds is 7. The number of anilines is 1. The van der Waals surface area contributed by atoms with Gasteiger partial charge in [-0.3, -0.25) is 9.59 Å². The normalized spacial score (nSPS) is 33.4. The van der Waals surface area contributed by atoms with Crippen molar-refractivity contribution in [2.45, 2.75) is 84.4 Å². The lowest BCUT2D eigenvalue weighted by Gasteiger charge is -2.56. The smallest absolute Gasteiger partial charge is 0.328 e. The van der Waals surface area contributed by atoms with Crippen molar-refractivity contribution in [1.29, 1.82) is 0 Å². The molecule has 0 saturated heterocycles. The first kappa shape index (κ1) is 26.1. The number of nitrogens with zero attached hydrogens (tertiary/aromatic N) is 3. The van der Waals surface area contributed by atoms with Gasteiger partial charge in [-0.25, -0.2) is 4.68 Å². The molecule has 2 aromatic rings. The number of carbonyl (C=O) groups is 2. The summed E-state index contributed by atoms with van der Waals surface area (Å²) in [5.41, 5.74) is 3.24. The van der Waals surface area contributed by atoms with E-state index in [-0.39, 0.29) is 29.4 Å². The van der Waals surface area contributed by atoms with Crippen LogP contribution in [-0.2, 0) is 27.4 Å². The predicted molar refractivity (Wildman–Crippen MR) is 147 cm³/mol. The topological polar surface area (TPSA) is 95.3 Å². The molecule has 39 heavy (non-hydrogen) atoms. The number of ketones is 1. The van der Waals surface area contributed by atoms with Crippen LogP contribution >= 0.6 is 0 Å². The molecular formula is C31H40N4O4. The second-order valence-corrected chi connectivity index (χ2v) is 12.5. The molecule has 8 nitrogen and oxygen atoms in total. The van der Waals surface area contributed by atoms with Gasteiger partial charge >= 0.3 is 5.97 Å². The highest BCUT2D eigenvalue weighted by Gasteiger charge is 2.58. The number of hydrogen-bond acceptors (Lipinski definition) is 7. The fourth-order valence-electron chi connectivity index (χ4n) is 8.25. The van der Waals surface area contributed by atoms with E-state index in [9.17, 15) is 9.59 Å². The van der Waals surface area contributed by atoms with Crippen LogP contribution in [0.5, 0.6) is 5.75 Å². The number of nitrogens with one attached hydrogen (secondary N) is 1. The third kappa shape index (κ3) is 4.76. The van der Waals surface area contributed by atoms with Gasteiger partial charge in [0.05, 0.1) is 19.9 Å². The SMILES string of the molecule is COc1ccc(NCc2cn(CC(=O)O[C@H]3CC[C@@]4(C)C(=CC[C@@H]5[C@@H]4CC[C@]4(C)C(=O)CC[C@@H]54)C3)nn2)cc1. The first-order valence-corrected chi connectivity index (χ1v) is 14.5. The van der Waals surface area contributed by atoms with Crippen LogP contribution in [0.2, 0.25) is 0 Å².